The third-order valence-electron chi connectivity index (χ3n) is 2.81. The highest BCUT2D eigenvalue weighted by Crippen LogP contribution is 2.37. The van der Waals surface area contributed by atoms with E-state index < -0.39 is 10.9 Å². The van der Waals surface area contributed by atoms with Crippen LogP contribution in [0.3, 0.4) is 0 Å². The number of anilines is 1. The Hall–Kier alpha value is -2.31. The molecule has 0 fully saturated rings. The summed E-state index contributed by atoms with van der Waals surface area (Å²) >= 11 is 0. The lowest BCUT2D eigenvalue weighted by Crippen LogP contribution is -2.31. The van der Waals surface area contributed by atoms with Crippen molar-refractivity contribution < 1.29 is 19.2 Å². The largest absolute Gasteiger partial charge is 0.487 e. The van der Waals surface area contributed by atoms with Crippen LogP contribution < -0.4 is 9.64 Å². The number of likely N-dealkylation sites (N-methyl/N-ethyl adjacent to an activating group) is 1. The zero-order valence-electron chi connectivity index (χ0n) is 12.5. The lowest BCUT2D eigenvalue weighted by atomic mass is 10.2. The Morgan fingerprint density at radius 2 is 2.00 bits per heavy atom. The number of ether oxygens (including phenoxy) is 2. The van der Waals surface area contributed by atoms with Crippen LogP contribution >= 0.6 is 0 Å². The number of benzene rings is 1. The van der Waals surface area contributed by atoms with Gasteiger partial charge in [-0.2, -0.15) is 0 Å². The van der Waals surface area contributed by atoms with Gasteiger partial charge in [-0.15, -0.1) is 0 Å². The van der Waals surface area contributed by atoms with Gasteiger partial charge >= 0.3 is 11.7 Å². The van der Waals surface area contributed by atoms with Gasteiger partial charge in [-0.05, 0) is 32.9 Å². The van der Waals surface area contributed by atoms with Crippen molar-refractivity contribution in [1.29, 1.82) is 0 Å². The number of hydrogen-bond donors (Lipinski definition) is 0. The molecule has 7 nitrogen and oxygen atoms in total. The zero-order chi connectivity index (χ0) is 15.8. The van der Waals surface area contributed by atoms with Gasteiger partial charge in [-0.1, -0.05) is 6.07 Å². The molecule has 0 saturated heterocycles. The van der Waals surface area contributed by atoms with Crippen molar-refractivity contribution in [3.63, 3.8) is 0 Å². The van der Waals surface area contributed by atoms with Gasteiger partial charge < -0.3 is 14.4 Å². The summed E-state index contributed by atoms with van der Waals surface area (Å²) in [5, 5.41) is 11.3. The highest BCUT2D eigenvalue weighted by Gasteiger charge is 2.25. The van der Waals surface area contributed by atoms with Crippen LogP contribution in [0.5, 0.6) is 5.75 Å². The molecule has 1 rings (SSSR count). The van der Waals surface area contributed by atoms with E-state index in [2.05, 4.69) is 0 Å². The molecule has 0 radical (unpaired) electrons. The molecule has 116 valence electrons. The minimum Gasteiger partial charge on any atom is -0.487 e. The van der Waals surface area contributed by atoms with Crippen molar-refractivity contribution in [2.24, 2.45) is 0 Å². The molecule has 1 aromatic rings. The first kappa shape index (κ1) is 16.7. The molecule has 0 spiro atoms. The van der Waals surface area contributed by atoms with Gasteiger partial charge in [0.25, 0.3) is 0 Å². The minimum absolute atomic E-state index is 0.0409. The molecular formula is C14H20N2O5. The summed E-state index contributed by atoms with van der Waals surface area (Å²) in [4.78, 5) is 24.0. The molecule has 0 amide bonds. The van der Waals surface area contributed by atoms with E-state index in [0.29, 0.717) is 18.8 Å². The van der Waals surface area contributed by atoms with Crippen molar-refractivity contribution in [3.8, 4) is 5.75 Å². The minimum atomic E-state index is -0.492. The Bertz CT molecular complexity index is 504. The topological polar surface area (TPSA) is 81.9 Å². The van der Waals surface area contributed by atoms with Gasteiger partial charge in [0, 0.05) is 6.54 Å². The number of para-hydroxylation sites is 1. The monoisotopic (exact) mass is 296 g/mol. The van der Waals surface area contributed by atoms with Gasteiger partial charge in [0.2, 0.25) is 0 Å². The lowest BCUT2D eigenvalue weighted by molar-refractivity contribution is -0.385. The molecule has 0 aliphatic rings. The number of nitro benzene ring substituents is 1. The average Bonchev–Trinajstić information content (AvgIpc) is 2.45. The molecule has 0 aliphatic heterocycles. The van der Waals surface area contributed by atoms with E-state index in [9.17, 15) is 14.9 Å². The first-order chi connectivity index (χ1) is 10.0. The fourth-order valence-electron chi connectivity index (χ4n) is 1.95. The van der Waals surface area contributed by atoms with E-state index in [1.807, 2.05) is 6.92 Å². The van der Waals surface area contributed by atoms with Crippen LogP contribution in [0.4, 0.5) is 11.4 Å². The molecule has 21 heavy (non-hydrogen) atoms. The second kappa shape index (κ2) is 8.08. The molecule has 7 heteroatoms. The zero-order valence-corrected chi connectivity index (χ0v) is 12.5. The smallest absolute Gasteiger partial charge is 0.333 e. The Morgan fingerprint density at radius 1 is 1.29 bits per heavy atom. The number of nitro groups is 1. The van der Waals surface area contributed by atoms with Crippen molar-refractivity contribution in [2.45, 2.75) is 20.8 Å². The number of carbonyl (C=O) groups is 1. The van der Waals surface area contributed by atoms with E-state index in [0.717, 1.165) is 0 Å². The molecule has 0 unspecified atom stereocenters. The molecular weight excluding hydrogens is 276 g/mol. The van der Waals surface area contributed by atoms with Gasteiger partial charge in [0.05, 0.1) is 18.1 Å². The molecule has 0 heterocycles. The number of carbonyl (C=O) groups excluding carboxylic acids is 1. The Kier molecular flexibility index (Phi) is 6.45. The number of hydrogen-bond acceptors (Lipinski definition) is 6. The molecule has 0 atom stereocenters. The Labute approximate surface area is 123 Å². The van der Waals surface area contributed by atoms with Crippen LogP contribution in [0.15, 0.2) is 18.2 Å². The highest BCUT2D eigenvalue weighted by atomic mass is 16.6. The molecule has 0 bridgehead atoms. The molecule has 0 N–H and O–H groups in total. The Morgan fingerprint density at radius 3 is 2.52 bits per heavy atom. The molecule has 0 saturated carbocycles. The van der Waals surface area contributed by atoms with Crippen LogP contribution in [0, 0.1) is 10.1 Å². The van der Waals surface area contributed by atoms with E-state index in [4.69, 9.17) is 9.47 Å². The lowest BCUT2D eigenvalue weighted by Gasteiger charge is -2.22. The van der Waals surface area contributed by atoms with Gasteiger partial charge in [-0.3, -0.25) is 14.9 Å². The summed E-state index contributed by atoms with van der Waals surface area (Å²) < 4.78 is 10.2. The van der Waals surface area contributed by atoms with Crippen molar-refractivity contribution in [3.05, 3.63) is 28.3 Å². The first-order valence-electron chi connectivity index (χ1n) is 6.85. The number of nitrogens with zero attached hydrogens (tertiary/aromatic N) is 2. The van der Waals surface area contributed by atoms with E-state index in [1.54, 1.807) is 36.9 Å². The quantitative estimate of drug-likeness (QED) is 0.416. The summed E-state index contributed by atoms with van der Waals surface area (Å²) in [6.07, 6.45) is 0. The van der Waals surface area contributed by atoms with Crippen LogP contribution in [-0.4, -0.2) is 37.2 Å². The van der Waals surface area contributed by atoms with Gasteiger partial charge in [-0.25, -0.2) is 0 Å². The van der Waals surface area contributed by atoms with E-state index >= 15 is 0 Å². The third-order valence-corrected chi connectivity index (χ3v) is 2.81. The number of rotatable bonds is 8. The third kappa shape index (κ3) is 4.34. The summed E-state index contributed by atoms with van der Waals surface area (Å²) in [5.41, 5.74) is 0.215. The maximum atomic E-state index is 11.6. The van der Waals surface area contributed by atoms with Crippen LogP contribution in [-0.2, 0) is 9.53 Å². The maximum Gasteiger partial charge on any atom is 0.333 e. The van der Waals surface area contributed by atoms with Crippen LogP contribution in [0.25, 0.3) is 0 Å². The number of esters is 1. The Balaban J connectivity index is 3.16. The predicted octanol–water partition coefficient (Wildman–Crippen LogP) is 2.38. The fourth-order valence-corrected chi connectivity index (χ4v) is 1.95. The van der Waals surface area contributed by atoms with E-state index in [1.165, 1.54) is 0 Å². The summed E-state index contributed by atoms with van der Waals surface area (Å²) in [6, 6.07) is 4.81. The van der Waals surface area contributed by atoms with Gasteiger partial charge in [0.1, 0.15) is 12.2 Å². The fraction of sp³-hybridized carbons (Fsp3) is 0.500. The van der Waals surface area contributed by atoms with Crippen LogP contribution in [0.1, 0.15) is 20.8 Å². The second-order valence-electron chi connectivity index (χ2n) is 4.13. The second-order valence-corrected chi connectivity index (χ2v) is 4.13. The highest BCUT2D eigenvalue weighted by molar-refractivity contribution is 5.79. The summed E-state index contributed by atoms with van der Waals surface area (Å²) in [5.74, 6) is -0.224. The summed E-state index contributed by atoms with van der Waals surface area (Å²) in [7, 11) is 0. The van der Waals surface area contributed by atoms with Crippen molar-refractivity contribution in [1.82, 2.24) is 0 Å². The normalized spacial score (nSPS) is 10.0. The SMILES string of the molecule is CCOC(=O)CN(CC)c1cccc(OCC)c1[N+](=O)[O-]. The molecule has 1 aromatic carbocycles. The van der Waals surface area contributed by atoms with Gasteiger partial charge in [0.15, 0.2) is 5.75 Å². The first-order valence-corrected chi connectivity index (χ1v) is 6.85. The predicted molar refractivity (Wildman–Crippen MR) is 78.8 cm³/mol. The standard InChI is InChI=1S/C14H20N2O5/c1-4-15(10-13(17)21-6-3)11-8-7-9-12(20-5-2)14(11)16(18)19/h7-9H,4-6,10H2,1-3H3. The van der Waals surface area contributed by atoms with Crippen LogP contribution in [0.2, 0.25) is 0 Å². The average molecular weight is 296 g/mol. The van der Waals surface area contributed by atoms with E-state index in [-0.39, 0.29) is 24.6 Å². The van der Waals surface area contributed by atoms with Crippen molar-refractivity contribution >= 4 is 17.3 Å². The molecule has 0 aromatic heterocycles. The maximum absolute atomic E-state index is 11.6. The van der Waals surface area contributed by atoms with Crippen molar-refractivity contribution in [2.75, 3.05) is 31.2 Å². The summed E-state index contributed by atoms with van der Waals surface area (Å²) in [6.45, 7) is 6.29. The molecule has 0 aliphatic carbocycles.